The molecule has 122 valence electrons. The minimum absolute atomic E-state index is 0.170. The third-order valence-corrected chi connectivity index (χ3v) is 6.01. The molecule has 0 aliphatic heterocycles. The second kappa shape index (κ2) is 4.79. The van der Waals surface area contributed by atoms with Crippen molar-refractivity contribution in [1.82, 2.24) is 10.3 Å². The highest BCUT2D eigenvalue weighted by molar-refractivity contribution is 5.93. The van der Waals surface area contributed by atoms with Crippen LogP contribution >= 0.6 is 0 Å². The van der Waals surface area contributed by atoms with Gasteiger partial charge >= 0.3 is 5.97 Å². The summed E-state index contributed by atoms with van der Waals surface area (Å²) in [7, 11) is 0. The van der Waals surface area contributed by atoms with E-state index in [1.807, 2.05) is 19.1 Å². The Morgan fingerprint density at radius 3 is 2.52 bits per heavy atom. The number of carbonyl (C=O) groups is 2. The lowest BCUT2D eigenvalue weighted by molar-refractivity contribution is -0.167. The fraction of sp³-hybridized carbons (Fsp3) is 0.611. The average Bonchev–Trinajstić information content (AvgIpc) is 2.45. The number of carbonyl (C=O) groups excluding carboxylic acids is 1. The quantitative estimate of drug-likeness (QED) is 0.898. The Hall–Kier alpha value is -1.91. The van der Waals surface area contributed by atoms with Crippen molar-refractivity contribution in [3.8, 4) is 0 Å². The van der Waals surface area contributed by atoms with E-state index in [2.05, 4.69) is 10.3 Å². The lowest BCUT2D eigenvalue weighted by Gasteiger charge is -2.60. The second-order valence-corrected chi connectivity index (χ2v) is 7.95. The Balaban J connectivity index is 1.61. The SMILES string of the molecule is Cc1cccc(C(=O)NC23CC4CC(C2)CC(C(=O)O)(C4)C3)n1. The van der Waals surface area contributed by atoms with Crippen molar-refractivity contribution in [2.24, 2.45) is 17.3 Å². The Bertz CT molecular complexity index is 671. The molecule has 5 heteroatoms. The summed E-state index contributed by atoms with van der Waals surface area (Å²) < 4.78 is 0. The normalized spacial score (nSPS) is 37.6. The van der Waals surface area contributed by atoms with E-state index < -0.39 is 11.4 Å². The number of nitrogens with zero attached hydrogens (tertiary/aromatic N) is 1. The average molecular weight is 314 g/mol. The predicted octanol–water partition coefficient (Wildman–Crippen LogP) is 2.54. The molecule has 0 saturated heterocycles. The molecule has 1 aromatic heterocycles. The van der Waals surface area contributed by atoms with Crippen LogP contribution in [0.4, 0.5) is 0 Å². The highest BCUT2D eigenvalue weighted by Gasteiger charge is 2.61. The standard InChI is InChI=1S/C18H22N2O3/c1-11-3-2-4-14(19-11)15(21)20-18-8-12-5-13(9-18)7-17(6-12,10-18)16(22)23/h2-4,12-13H,5-10H2,1H3,(H,20,21)(H,22,23). The van der Waals surface area contributed by atoms with E-state index in [9.17, 15) is 14.7 Å². The monoisotopic (exact) mass is 314 g/mol. The zero-order valence-electron chi connectivity index (χ0n) is 13.3. The summed E-state index contributed by atoms with van der Waals surface area (Å²) in [6.07, 6.45) is 5.07. The van der Waals surface area contributed by atoms with Crippen LogP contribution in [0.5, 0.6) is 0 Å². The number of hydrogen-bond donors (Lipinski definition) is 2. The van der Waals surface area contributed by atoms with Gasteiger partial charge < -0.3 is 10.4 Å². The van der Waals surface area contributed by atoms with Gasteiger partial charge in [-0.1, -0.05) is 6.07 Å². The fourth-order valence-electron chi connectivity index (χ4n) is 5.63. The number of aliphatic carboxylic acids is 1. The molecule has 0 spiro atoms. The molecule has 0 radical (unpaired) electrons. The number of hydrogen-bond acceptors (Lipinski definition) is 3. The zero-order chi connectivity index (χ0) is 16.2. The van der Waals surface area contributed by atoms with Crippen molar-refractivity contribution in [2.45, 2.75) is 51.0 Å². The Morgan fingerprint density at radius 1 is 1.22 bits per heavy atom. The lowest BCUT2D eigenvalue weighted by Crippen LogP contribution is -2.64. The number of aromatic nitrogens is 1. The first-order valence-corrected chi connectivity index (χ1v) is 8.39. The van der Waals surface area contributed by atoms with Crippen molar-refractivity contribution in [2.75, 3.05) is 0 Å². The first kappa shape index (κ1) is 14.7. The summed E-state index contributed by atoms with van der Waals surface area (Å²) in [6, 6.07) is 5.41. The summed E-state index contributed by atoms with van der Waals surface area (Å²) >= 11 is 0. The Morgan fingerprint density at radius 2 is 1.91 bits per heavy atom. The zero-order valence-corrected chi connectivity index (χ0v) is 13.3. The van der Waals surface area contributed by atoms with E-state index in [1.165, 1.54) is 0 Å². The lowest BCUT2D eigenvalue weighted by atomic mass is 9.47. The minimum Gasteiger partial charge on any atom is -0.481 e. The largest absolute Gasteiger partial charge is 0.481 e. The van der Waals surface area contributed by atoms with Crippen molar-refractivity contribution < 1.29 is 14.7 Å². The summed E-state index contributed by atoms with van der Waals surface area (Å²) in [5.41, 5.74) is 0.248. The number of pyridine rings is 1. The number of rotatable bonds is 3. The first-order chi connectivity index (χ1) is 10.9. The van der Waals surface area contributed by atoms with E-state index in [0.29, 0.717) is 24.0 Å². The van der Waals surface area contributed by atoms with Gasteiger partial charge in [-0.2, -0.15) is 0 Å². The molecule has 1 heterocycles. The molecular weight excluding hydrogens is 292 g/mol. The van der Waals surface area contributed by atoms with Crippen molar-refractivity contribution >= 4 is 11.9 Å². The summed E-state index contributed by atoms with van der Waals surface area (Å²) in [5.74, 6) is 0.00586. The molecule has 4 bridgehead atoms. The highest BCUT2D eigenvalue weighted by Crippen LogP contribution is 2.61. The van der Waals surface area contributed by atoms with Gasteiger partial charge in [-0.05, 0) is 69.4 Å². The van der Waals surface area contributed by atoms with Gasteiger partial charge in [-0.15, -0.1) is 0 Å². The molecule has 5 rings (SSSR count). The molecule has 4 aliphatic rings. The molecule has 2 atom stereocenters. The molecular formula is C18H22N2O3. The van der Waals surface area contributed by atoms with Gasteiger partial charge in [0.15, 0.2) is 0 Å². The van der Waals surface area contributed by atoms with Crippen LogP contribution in [0.15, 0.2) is 18.2 Å². The third-order valence-electron chi connectivity index (χ3n) is 6.01. The van der Waals surface area contributed by atoms with Crippen molar-refractivity contribution in [3.63, 3.8) is 0 Å². The smallest absolute Gasteiger partial charge is 0.309 e. The maximum atomic E-state index is 12.6. The molecule has 2 N–H and O–H groups in total. The maximum Gasteiger partial charge on any atom is 0.309 e. The van der Waals surface area contributed by atoms with Gasteiger partial charge in [0.25, 0.3) is 5.91 Å². The van der Waals surface area contributed by atoms with Crippen molar-refractivity contribution in [1.29, 1.82) is 0 Å². The van der Waals surface area contributed by atoms with Crippen LogP contribution in [0.1, 0.15) is 54.7 Å². The molecule has 4 aliphatic carbocycles. The van der Waals surface area contributed by atoms with Crippen LogP contribution in [0, 0.1) is 24.2 Å². The number of aryl methyl sites for hydroxylation is 1. The number of carboxylic acids is 1. The van der Waals surface area contributed by atoms with Crippen LogP contribution in [0.25, 0.3) is 0 Å². The molecule has 1 aromatic rings. The summed E-state index contributed by atoms with van der Waals surface area (Å²) in [6.45, 7) is 1.86. The Labute approximate surface area is 135 Å². The molecule has 5 nitrogen and oxygen atoms in total. The van der Waals surface area contributed by atoms with Gasteiger partial charge in [0, 0.05) is 11.2 Å². The van der Waals surface area contributed by atoms with E-state index in [4.69, 9.17) is 0 Å². The number of amides is 1. The van der Waals surface area contributed by atoms with Gasteiger partial charge in [0.1, 0.15) is 5.69 Å². The van der Waals surface area contributed by atoms with E-state index >= 15 is 0 Å². The molecule has 4 saturated carbocycles. The second-order valence-electron chi connectivity index (χ2n) is 7.95. The number of carboxylic acid groups (broad SMARTS) is 1. The predicted molar refractivity (Wildman–Crippen MR) is 83.9 cm³/mol. The minimum atomic E-state index is -0.682. The molecule has 4 fully saturated rings. The van der Waals surface area contributed by atoms with Gasteiger partial charge in [-0.25, -0.2) is 4.98 Å². The summed E-state index contributed by atoms with van der Waals surface area (Å²) in [5, 5.41) is 12.9. The molecule has 2 unspecified atom stereocenters. The van der Waals surface area contributed by atoms with E-state index in [1.54, 1.807) is 6.07 Å². The first-order valence-electron chi connectivity index (χ1n) is 8.39. The highest BCUT2D eigenvalue weighted by atomic mass is 16.4. The third kappa shape index (κ3) is 2.33. The van der Waals surface area contributed by atoms with E-state index in [-0.39, 0.29) is 11.4 Å². The van der Waals surface area contributed by atoms with Crippen LogP contribution < -0.4 is 5.32 Å². The molecule has 0 aromatic carbocycles. The van der Waals surface area contributed by atoms with Crippen molar-refractivity contribution in [3.05, 3.63) is 29.6 Å². The topological polar surface area (TPSA) is 79.3 Å². The molecule has 1 amide bonds. The van der Waals surface area contributed by atoms with Crippen LogP contribution in [-0.2, 0) is 4.79 Å². The fourth-order valence-corrected chi connectivity index (χ4v) is 5.63. The maximum absolute atomic E-state index is 12.6. The van der Waals surface area contributed by atoms with Gasteiger partial charge in [0.05, 0.1) is 5.41 Å². The van der Waals surface area contributed by atoms with Crippen LogP contribution in [-0.4, -0.2) is 27.5 Å². The number of nitrogens with one attached hydrogen (secondary N) is 1. The van der Waals surface area contributed by atoms with Crippen LogP contribution in [0.3, 0.4) is 0 Å². The van der Waals surface area contributed by atoms with Gasteiger partial charge in [-0.3, -0.25) is 9.59 Å². The van der Waals surface area contributed by atoms with Gasteiger partial charge in [0.2, 0.25) is 0 Å². The van der Waals surface area contributed by atoms with E-state index in [0.717, 1.165) is 37.8 Å². The Kier molecular flexibility index (Phi) is 3.06. The van der Waals surface area contributed by atoms with Crippen LogP contribution in [0.2, 0.25) is 0 Å². The summed E-state index contributed by atoms with van der Waals surface area (Å²) in [4.78, 5) is 28.8. The molecule has 23 heavy (non-hydrogen) atoms.